The number of alkyl halides is 3. The molecule has 1 nitrogen and oxygen atoms in total. The molecule has 0 spiro atoms. The maximum absolute atomic E-state index is 13.1. The molecule has 0 N–H and O–H groups in total. The Morgan fingerprint density at radius 2 is 2.00 bits per heavy atom. The fourth-order valence-corrected chi connectivity index (χ4v) is 1.36. The van der Waals surface area contributed by atoms with E-state index in [2.05, 4.69) is 0 Å². The third-order valence-corrected chi connectivity index (χ3v) is 2.20. The number of benzene rings is 1. The molecule has 0 aliphatic carbocycles. The number of rotatable bonds is 2. The highest BCUT2D eigenvalue weighted by Gasteiger charge is 2.34. The SMILES string of the molecule is Fc1cc(CC2CO2)ccc1C(F)(F)F. The predicted molar refractivity (Wildman–Crippen MR) is 44.8 cm³/mol. The van der Waals surface area contributed by atoms with Crippen molar-refractivity contribution in [2.24, 2.45) is 0 Å². The van der Waals surface area contributed by atoms with Gasteiger partial charge in [0.25, 0.3) is 0 Å². The van der Waals surface area contributed by atoms with Crippen LogP contribution in [0.15, 0.2) is 18.2 Å². The normalized spacial score (nSPS) is 20.4. The molecule has 82 valence electrons. The summed E-state index contributed by atoms with van der Waals surface area (Å²) in [5, 5.41) is 0. The van der Waals surface area contributed by atoms with Crippen molar-refractivity contribution in [3.05, 3.63) is 35.1 Å². The molecule has 0 saturated carbocycles. The molecular formula is C10H8F4O. The monoisotopic (exact) mass is 220 g/mol. The van der Waals surface area contributed by atoms with Crippen molar-refractivity contribution in [2.75, 3.05) is 6.61 Å². The van der Waals surface area contributed by atoms with E-state index < -0.39 is 17.6 Å². The lowest BCUT2D eigenvalue weighted by molar-refractivity contribution is -0.140. The van der Waals surface area contributed by atoms with Crippen molar-refractivity contribution in [1.82, 2.24) is 0 Å². The fraction of sp³-hybridized carbons (Fsp3) is 0.400. The molecule has 1 aliphatic heterocycles. The Balaban J connectivity index is 2.21. The van der Waals surface area contributed by atoms with Gasteiger partial charge >= 0.3 is 6.18 Å². The summed E-state index contributed by atoms with van der Waals surface area (Å²) < 4.78 is 54.5. The lowest BCUT2D eigenvalue weighted by Gasteiger charge is -2.08. The van der Waals surface area contributed by atoms with E-state index in [9.17, 15) is 17.6 Å². The summed E-state index contributed by atoms with van der Waals surface area (Å²) in [5.74, 6) is -1.22. The molecule has 1 aromatic carbocycles. The first-order valence-electron chi connectivity index (χ1n) is 4.44. The van der Waals surface area contributed by atoms with Crippen LogP contribution < -0.4 is 0 Å². The topological polar surface area (TPSA) is 12.5 Å². The van der Waals surface area contributed by atoms with Crippen LogP contribution in [0.4, 0.5) is 17.6 Å². The minimum absolute atomic E-state index is 0.0427. The van der Waals surface area contributed by atoms with Crippen molar-refractivity contribution in [3.63, 3.8) is 0 Å². The van der Waals surface area contributed by atoms with Crippen LogP contribution in [-0.4, -0.2) is 12.7 Å². The van der Waals surface area contributed by atoms with Gasteiger partial charge in [-0.25, -0.2) is 4.39 Å². The van der Waals surface area contributed by atoms with Gasteiger partial charge < -0.3 is 4.74 Å². The molecule has 1 aliphatic rings. The highest BCUT2D eigenvalue weighted by molar-refractivity contribution is 5.27. The van der Waals surface area contributed by atoms with Gasteiger partial charge in [-0.1, -0.05) is 6.07 Å². The van der Waals surface area contributed by atoms with Crippen molar-refractivity contribution in [2.45, 2.75) is 18.7 Å². The zero-order valence-electron chi connectivity index (χ0n) is 7.64. The second-order valence-corrected chi connectivity index (χ2v) is 3.47. The van der Waals surface area contributed by atoms with Gasteiger partial charge in [-0.15, -0.1) is 0 Å². The van der Waals surface area contributed by atoms with Crippen LogP contribution in [-0.2, 0) is 17.3 Å². The van der Waals surface area contributed by atoms with Crippen molar-refractivity contribution in [1.29, 1.82) is 0 Å². The van der Waals surface area contributed by atoms with Gasteiger partial charge in [0.05, 0.1) is 18.3 Å². The Hall–Kier alpha value is -1.10. The molecule has 1 heterocycles. The summed E-state index contributed by atoms with van der Waals surface area (Å²) in [6.07, 6.45) is -4.12. The summed E-state index contributed by atoms with van der Waals surface area (Å²) in [6.45, 7) is 0.600. The predicted octanol–water partition coefficient (Wildman–Crippen LogP) is 2.79. The number of epoxide rings is 1. The van der Waals surface area contributed by atoms with E-state index >= 15 is 0 Å². The highest BCUT2D eigenvalue weighted by atomic mass is 19.4. The van der Waals surface area contributed by atoms with Crippen LogP contribution in [0, 0.1) is 5.82 Å². The summed E-state index contributed by atoms with van der Waals surface area (Å²) in [4.78, 5) is 0. The van der Waals surface area contributed by atoms with Crippen molar-refractivity contribution < 1.29 is 22.3 Å². The lowest BCUT2D eigenvalue weighted by atomic mass is 10.1. The first-order chi connectivity index (χ1) is 6.97. The molecule has 1 aromatic rings. The summed E-state index contributed by atoms with van der Waals surface area (Å²) in [7, 11) is 0. The zero-order valence-corrected chi connectivity index (χ0v) is 7.64. The Labute approximate surface area is 83.7 Å². The maximum atomic E-state index is 13.1. The molecule has 1 unspecified atom stereocenters. The lowest BCUT2D eigenvalue weighted by Crippen LogP contribution is -2.08. The van der Waals surface area contributed by atoms with Crippen LogP contribution in [0.1, 0.15) is 11.1 Å². The van der Waals surface area contributed by atoms with Gasteiger partial charge in [0, 0.05) is 6.42 Å². The van der Waals surface area contributed by atoms with Crippen molar-refractivity contribution in [3.8, 4) is 0 Å². The molecule has 0 aromatic heterocycles. The minimum atomic E-state index is -4.63. The third-order valence-electron chi connectivity index (χ3n) is 2.20. The van der Waals surface area contributed by atoms with E-state index in [0.717, 1.165) is 12.1 Å². The van der Waals surface area contributed by atoms with Crippen LogP contribution >= 0.6 is 0 Å². The third kappa shape index (κ3) is 2.47. The number of hydrogen-bond donors (Lipinski definition) is 0. The maximum Gasteiger partial charge on any atom is 0.419 e. The molecule has 5 heteroatoms. The van der Waals surface area contributed by atoms with Gasteiger partial charge in [-0.2, -0.15) is 13.2 Å². The molecule has 15 heavy (non-hydrogen) atoms. The van der Waals surface area contributed by atoms with Crippen LogP contribution in [0.3, 0.4) is 0 Å². The summed E-state index contributed by atoms with van der Waals surface area (Å²) in [5.41, 5.74) is -0.689. The average molecular weight is 220 g/mol. The molecule has 1 fully saturated rings. The van der Waals surface area contributed by atoms with Crippen molar-refractivity contribution >= 4 is 0 Å². The molecule has 2 rings (SSSR count). The molecule has 1 saturated heterocycles. The van der Waals surface area contributed by atoms with Gasteiger partial charge in [0.15, 0.2) is 0 Å². The Morgan fingerprint density at radius 3 is 2.47 bits per heavy atom. The van der Waals surface area contributed by atoms with Gasteiger partial charge in [-0.05, 0) is 17.7 Å². The summed E-state index contributed by atoms with van der Waals surface area (Å²) in [6, 6.07) is 2.98. The molecule has 1 atom stereocenters. The van der Waals surface area contributed by atoms with E-state index in [1.54, 1.807) is 0 Å². The van der Waals surface area contributed by atoms with Crippen LogP contribution in [0.5, 0.6) is 0 Å². The summed E-state index contributed by atoms with van der Waals surface area (Å²) >= 11 is 0. The second-order valence-electron chi connectivity index (χ2n) is 3.47. The van der Waals surface area contributed by atoms with E-state index in [0.29, 0.717) is 18.6 Å². The first-order valence-corrected chi connectivity index (χ1v) is 4.44. The van der Waals surface area contributed by atoms with Crippen LogP contribution in [0.2, 0.25) is 0 Å². The molecular weight excluding hydrogens is 212 g/mol. The van der Waals surface area contributed by atoms with Gasteiger partial charge in [0.1, 0.15) is 5.82 Å². The second kappa shape index (κ2) is 3.48. The smallest absolute Gasteiger partial charge is 0.373 e. The quantitative estimate of drug-likeness (QED) is 0.551. The van der Waals surface area contributed by atoms with Crippen LogP contribution in [0.25, 0.3) is 0 Å². The van der Waals surface area contributed by atoms with E-state index in [1.165, 1.54) is 6.07 Å². The van der Waals surface area contributed by atoms with E-state index in [1.807, 2.05) is 0 Å². The number of hydrogen-bond acceptors (Lipinski definition) is 1. The van der Waals surface area contributed by atoms with Gasteiger partial charge in [-0.3, -0.25) is 0 Å². The highest BCUT2D eigenvalue weighted by Crippen LogP contribution is 2.32. The zero-order chi connectivity index (χ0) is 11.1. The van der Waals surface area contributed by atoms with Gasteiger partial charge in [0.2, 0.25) is 0 Å². The standard InChI is InChI=1S/C10H8F4O/c11-9-4-6(3-7-5-15-7)1-2-8(9)10(12,13)14/h1-2,4,7H,3,5H2. The number of halogens is 4. The fourth-order valence-electron chi connectivity index (χ4n) is 1.36. The largest absolute Gasteiger partial charge is 0.419 e. The Kier molecular flexibility index (Phi) is 2.42. The average Bonchev–Trinajstić information content (AvgIpc) is 2.85. The Morgan fingerprint density at radius 1 is 1.33 bits per heavy atom. The molecule has 0 radical (unpaired) electrons. The first kappa shape index (κ1) is 10.4. The number of ether oxygens (including phenoxy) is 1. The molecule has 0 amide bonds. The van der Waals surface area contributed by atoms with E-state index in [4.69, 9.17) is 4.74 Å². The minimum Gasteiger partial charge on any atom is -0.373 e. The Bertz CT molecular complexity index is 368. The molecule has 0 bridgehead atoms. The van der Waals surface area contributed by atoms with E-state index in [-0.39, 0.29) is 6.10 Å².